The number of carbonyl (C=O) groups excluding carboxylic acids is 2. The highest BCUT2D eigenvalue weighted by atomic mass is 16.2. The van der Waals surface area contributed by atoms with Crippen molar-refractivity contribution < 1.29 is 9.59 Å². The first-order valence-electron chi connectivity index (χ1n) is 9.04. The zero-order chi connectivity index (χ0) is 17.6. The number of urea groups is 2. The van der Waals surface area contributed by atoms with Gasteiger partial charge in [-0.2, -0.15) is 0 Å². The van der Waals surface area contributed by atoms with Crippen molar-refractivity contribution >= 4 is 23.4 Å². The predicted octanol–water partition coefficient (Wildman–Crippen LogP) is 2.07. The van der Waals surface area contributed by atoms with E-state index in [1.807, 2.05) is 24.3 Å². The third-order valence-corrected chi connectivity index (χ3v) is 4.86. The van der Waals surface area contributed by atoms with Crippen molar-refractivity contribution in [3.8, 4) is 0 Å². The molecule has 0 spiro atoms. The van der Waals surface area contributed by atoms with Gasteiger partial charge in [-0.1, -0.05) is 13.0 Å². The molecule has 0 radical (unpaired) electrons. The quantitative estimate of drug-likeness (QED) is 0.765. The molecular weight excluding hydrogens is 318 g/mol. The summed E-state index contributed by atoms with van der Waals surface area (Å²) in [6.07, 6.45) is 2.48. The number of rotatable bonds is 5. The Kier molecular flexibility index (Phi) is 5.75. The van der Waals surface area contributed by atoms with Crippen LogP contribution in [-0.4, -0.2) is 56.2 Å². The number of nitrogens with zero attached hydrogens (tertiary/aromatic N) is 2. The molecule has 25 heavy (non-hydrogen) atoms. The molecule has 2 saturated heterocycles. The van der Waals surface area contributed by atoms with Gasteiger partial charge in [-0.25, -0.2) is 9.59 Å². The van der Waals surface area contributed by atoms with E-state index in [-0.39, 0.29) is 12.1 Å². The van der Waals surface area contributed by atoms with Crippen molar-refractivity contribution in [2.24, 2.45) is 5.92 Å². The van der Waals surface area contributed by atoms with Gasteiger partial charge in [-0.15, -0.1) is 0 Å². The van der Waals surface area contributed by atoms with Crippen LogP contribution in [0.4, 0.5) is 21.0 Å². The fourth-order valence-corrected chi connectivity index (χ4v) is 3.26. The van der Waals surface area contributed by atoms with Gasteiger partial charge in [0, 0.05) is 37.6 Å². The first-order chi connectivity index (χ1) is 12.1. The summed E-state index contributed by atoms with van der Waals surface area (Å²) in [5, 5.41) is 8.51. The predicted molar refractivity (Wildman–Crippen MR) is 99.0 cm³/mol. The average molecular weight is 345 g/mol. The van der Waals surface area contributed by atoms with Gasteiger partial charge in [0.1, 0.15) is 0 Å². The second kappa shape index (κ2) is 8.20. The number of anilines is 2. The molecule has 3 rings (SSSR count). The molecule has 0 bridgehead atoms. The van der Waals surface area contributed by atoms with E-state index < -0.39 is 0 Å². The van der Waals surface area contributed by atoms with Crippen LogP contribution >= 0.6 is 0 Å². The number of hydrogen-bond donors (Lipinski definition) is 3. The number of nitrogens with one attached hydrogen (secondary N) is 3. The van der Waals surface area contributed by atoms with Crippen molar-refractivity contribution in [2.45, 2.75) is 19.8 Å². The third kappa shape index (κ3) is 4.85. The standard InChI is InChI=1S/C18H27N5O2/c1-14-5-9-22(10-6-14)11-7-19-17(24)21-15-3-2-4-16(13-15)23-12-8-20-18(23)25/h2-4,13-14H,5-12H2,1H3,(H,20,25)(H2,19,21,24). The van der Waals surface area contributed by atoms with Crippen LogP contribution in [0, 0.1) is 5.92 Å². The molecule has 1 aromatic rings. The molecule has 1 aromatic carbocycles. The van der Waals surface area contributed by atoms with Gasteiger partial charge in [0.25, 0.3) is 0 Å². The van der Waals surface area contributed by atoms with Gasteiger partial charge in [0.15, 0.2) is 0 Å². The summed E-state index contributed by atoms with van der Waals surface area (Å²) in [7, 11) is 0. The van der Waals surface area contributed by atoms with Gasteiger partial charge in [0.2, 0.25) is 0 Å². The number of amides is 4. The highest BCUT2D eigenvalue weighted by Gasteiger charge is 2.21. The lowest BCUT2D eigenvalue weighted by Gasteiger charge is -2.30. The SMILES string of the molecule is CC1CCN(CCNC(=O)Nc2cccc(N3CCNC3=O)c2)CC1. The average Bonchev–Trinajstić information content (AvgIpc) is 3.03. The summed E-state index contributed by atoms with van der Waals surface area (Å²) in [4.78, 5) is 27.9. The fourth-order valence-electron chi connectivity index (χ4n) is 3.26. The summed E-state index contributed by atoms with van der Waals surface area (Å²) >= 11 is 0. The number of benzene rings is 1. The second-order valence-electron chi connectivity index (χ2n) is 6.84. The minimum Gasteiger partial charge on any atom is -0.337 e. The zero-order valence-electron chi connectivity index (χ0n) is 14.8. The van der Waals surface area contributed by atoms with Crippen molar-refractivity contribution in [3.05, 3.63) is 24.3 Å². The first kappa shape index (κ1) is 17.5. The maximum Gasteiger partial charge on any atom is 0.321 e. The third-order valence-electron chi connectivity index (χ3n) is 4.86. The van der Waals surface area contributed by atoms with Crippen LogP contribution in [0.3, 0.4) is 0 Å². The summed E-state index contributed by atoms with van der Waals surface area (Å²) in [6.45, 7) is 7.33. The molecule has 2 fully saturated rings. The van der Waals surface area contributed by atoms with E-state index in [9.17, 15) is 9.59 Å². The number of likely N-dealkylation sites (tertiary alicyclic amines) is 1. The molecule has 0 atom stereocenters. The van der Waals surface area contributed by atoms with Crippen LogP contribution < -0.4 is 20.9 Å². The maximum atomic E-state index is 12.1. The minimum atomic E-state index is -0.214. The summed E-state index contributed by atoms with van der Waals surface area (Å²) in [6, 6.07) is 7.03. The summed E-state index contributed by atoms with van der Waals surface area (Å²) in [5.41, 5.74) is 1.47. The second-order valence-corrected chi connectivity index (χ2v) is 6.84. The van der Waals surface area contributed by atoms with Gasteiger partial charge in [0.05, 0.1) is 0 Å². The molecule has 7 heteroatoms. The lowest BCUT2D eigenvalue weighted by Crippen LogP contribution is -2.40. The van der Waals surface area contributed by atoms with Crippen LogP contribution in [0.15, 0.2) is 24.3 Å². The Bertz CT molecular complexity index is 613. The topological polar surface area (TPSA) is 76.7 Å². The molecule has 0 aliphatic carbocycles. The Hall–Kier alpha value is -2.28. The molecule has 0 saturated carbocycles. The normalized spacial score (nSPS) is 18.9. The van der Waals surface area contributed by atoms with Gasteiger partial charge < -0.3 is 20.9 Å². The van der Waals surface area contributed by atoms with Crippen LogP contribution in [0.2, 0.25) is 0 Å². The van der Waals surface area contributed by atoms with Crippen LogP contribution in [-0.2, 0) is 0 Å². The number of carbonyl (C=O) groups is 2. The largest absolute Gasteiger partial charge is 0.337 e. The van der Waals surface area contributed by atoms with E-state index in [0.29, 0.717) is 25.3 Å². The Morgan fingerprint density at radius 2 is 2.08 bits per heavy atom. The Balaban J connectivity index is 1.44. The first-order valence-corrected chi connectivity index (χ1v) is 9.04. The fraction of sp³-hybridized carbons (Fsp3) is 0.556. The monoisotopic (exact) mass is 345 g/mol. The van der Waals surface area contributed by atoms with Crippen LogP contribution in [0.1, 0.15) is 19.8 Å². The van der Waals surface area contributed by atoms with E-state index in [1.165, 1.54) is 12.8 Å². The van der Waals surface area contributed by atoms with E-state index >= 15 is 0 Å². The van der Waals surface area contributed by atoms with Crippen LogP contribution in [0.5, 0.6) is 0 Å². The van der Waals surface area contributed by atoms with E-state index in [2.05, 4.69) is 27.8 Å². The van der Waals surface area contributed by atoms with E-state index in [0.717, 1.165) is 31.2 Å². The zero-order valence-corrected chi connectivity index (χ0v) is 14.8. The molecule has 7 nitrogen and oxygen atoms in total. The van der Waals surface area contributed by atoms with Crippen molar-refractivity contribution in [1.29, 1.82) is 0 Å². The summed E-state index contributed by atoms with van der Waals surface area (Å²) < 4.78 is 0. The Morgan fingerprint density at radius 3 is 2.80 bits per heavy atom. The molecule has 136 valence electrons. The molecule has 4 amide bonds. The van der Waals surface area contributed by atoms with Gasteiger partial charge >= 0.3 is 12.1 Å². The lowest BCUT2D eigenvalue weighted by atomic mass is 9.99. The Labute approximate surface area is 148 Å². The molecule has 2 heterocycles. The van der Waals surface area contributed by atoms with Gasteiger partial charge in [-0.3, -0.25) is 4.90 Å². The van der Waals surface area contributed by atoms with Gasteiger partial charge in [-0.05, 0) is 50.0 Å². The van der Waals surface area contributed by atoms with Crippen molar-refractivity contribution in [1.82, 2.24) is 15.5 Å². The number of piperidine rings is 1. The molecule has 2 aliphatic rings. The molecular formula is C18H27N5O2. The number of hydrogen-bond acceptors (Lipinski definition) is 3. The highest BCUT2D eigenvalue weighted by molar-refractivity contribution is 5.95. The van der Waals surface area contributed by atoms with E-state index in [4.69, 9.17) is 0 Å². The highest BCUT2D eigenvalue weighted by Crippen LogP contribution is 2.21. The lowest BCUT2D eigenvalue weighted by molar-refractivity contribution is 0.192. The molecule has 3 N–H and O–H groups in total. The van der Waals surface area contributed by atoms with Crippen molar-refractivity contribution in [2.75, 3.05) is 49.5 Å². The van der Waals surface area contributed by atoms with Crippen LogP contribution in [0.25, 0.3) is 0 Å². The van der Waals surface area contributed by atoms with E-state index in [1.54, 1.807) is 4.90 Å². The molecule has 0 unspecified atom stereocenters. The summed E-state index contributed by atoms with van der Waals surface area (Å²) in [5.74, 6) is 0.817. The smallest absolute Gasteiger partial charge is 0.321 e. The van der Waals surface area contributed by atoms with Crippen molar-refractivity contribution in [3.63, 3.8) is 0 Å². The maximum absolute atomic E-state index is 12.1. The Morgan fingerprint density at radius 1 is 1.28 bits per heavy atom. The molecule has 0 aromatic heterocycles. The minimum absolute atomic E-state index is 0.0996. The molecule has 2 aliphatic heterocycles.